The van der Waals surface area contributed by atoms with E-state index in [1.54, 1.807) is 4.47 Å². The van der Waals surface area contributed by atoms with Gasteiger partial charge in [-0.05, 0) is 0 Å². The summed E-state index contributed by atoms with van der Waals surface area (Å²) in [6.45, 7) is 0. The van der Waals surface area contributed by atoms with E-state index in [1.165, 1.54) is 5.56 Å². The predicted molar refractivity (Wildman–Crippen MR) is 57.7 cm³/mol. The Hall–Kier alpha value is -0.00104. The van der Waals surface area contributed by atoms with E-state index in [0.717, 1.165) is 0 Å². The second-order valence-corrected chi connectivity index (χ2v) is 5.55. The molecule has 0 aliphatic heterocycles. The molecule has 0 N–H and O–H groups in total. The van der Waals surface area contributed by atoms with Crippen molar-refractivity contribution in [3.8, 4) is 0 Å². The number of hydrogen-bond donors (Lipinski definition) is 0. The van der Waals surface area contributed by atoms with E-state index in [9.17, 15) is 0 Å². The molecule has 0 aliphatic rings. The minimum absolute atomic E-state index is 0.624. The fourth-order valence-electron chi connectivity index (χ4n) is 0.943. The first-order chi connectivity index (χ1) is 5.88. The van der Waals surface area contributed by atoms with Crippen molar-refractivity contribution >= 4 is 34.4 Å². The summed E-state index contributed by atoms with van der Waals surface area (Å²) in [5, 5.41) is 0. The summed E-state index contributed by atoms with van der Waals surface area (Å²) in [5.41, 5.74) is 1.41. The molecule has 0 aromatic heterocycles. The molecule has 0 aliphatic carbocycles. The third kappa shape index (κ3) is 2.80. The summed E-state index contributed by atoms with van der Waals surface area (Å²) in [5.74, 6) is 4.53. The first-order valence-corrected chi connectivity index (χ1v) is 8.98. The van der Waals surface area contributed by atoms with Gasteiger partial charge in [0.05, 0.1) is 0 Å². The van der Waals surface area contributed by atoms with Crippen LogP contribution in [0, 0.1) is 0 Å². The van der Waals surface area contributed by atoms with Crippen molar-refractivity contribution in [2.45, 2.75) is 11.6 Å². The molecular weight excluding hydrogens is 278 g/mol. The molecular formula is C10H12Se2. The van der Waals surface area contributed by atoms with Crippen molar-refractivity contribution in [2.75, 3.05) is 0 Å². The van der Waals surface area contributed by atoms with Gasteiger partial charge in [-0.1, -0.05) is 0 Å². The summed E-state index contributed by atoms with van der Waals surface area (Å²) in [6, 6.07) is 10.7. The summed E-state index contributed by atoms with van der Waals surface area (Å²) < 4.78 is 1.55. The quantitative estimate of drug-likeness (QED) is 0.750. The van der Waals surface area contributed by atoms with Crippen LogP contribution in [0.1, 0.15) is 5.56 Å². The molecule has 1 rings (SSSR count). The molecule has 12 heavy (non-hydrogen) atoms. The maximum atomic E-state index is 2.39. The van der Waals surface area contributed by atoms with E-state index >= 15 is 0 Å². The Labute approximate surface area is 86.8 Å². The fraction of sp³-hybridized carbons (Fsp3) is 0.200. The average molecular weight is 290 g/mol. The van der Waals surface area contributed by atoms with Gasteiger partial charge in [-0.3, -0.25) is 0 Å². The molecule has 2 heteroatoms. The molecule has 0 unspecified atom stereocenters. The standard InChI is InChI=1S/C10H12Se2/c1-11-8-10(12-2)9-6-4-3-5-7-9/h3-8H,1-2H3. The normalized spacial score (nSPS) is 11.7. The zero-order valence-electron chi connectivity index (χ0n) is 7.28. The molecule has 0 spiro atoms. The molecule has 0 nitrogen and oxygen atoms in total. The molecule has 0 amide bonds. The third-order valence-electron chi connectivity index (χ3n) is 1.50. The van der Waals surface area contributed by atoms with Gasteiger partial charge in [0.25, 0.3) is 0 Å². The van der Waals surface area contributed by atoms with Crippen molar-refractivity contribution in [1.29, 1.82) is 0 Å². The van der Waals surface area contributed by atoms with Crippen LogP contribution >= 0.6 is 0 Å². The monoisotopic (exact) mass is 292 g/mol. The second kappa shape index (κ2) is 5.61. The van der Waals surface area contributed by atoms with Gasteiger partial charge in [0.2, 0.25) is 0 Å². The van der Waals surface area contributed by atoms with E-state index in [1.807, 2.05) is 0 Å². The molecule has 0 fully saturated rings. The van der Waals surface area contributed by atoms with Crippen LogP contribution < -0.4 is 0 Å². The molecule has 0 heterocycles. The van der Waals surface area contributed by atoms with Crippen LogP contribution in [0.3, 0.4) is 0 Å². The Morgan fingerprint density at radius 2 is 1.83 bits per heavy atom. The van der Waals surface area contributed by atoms with Gasteiger partial charge in [-0.25, -0.2) is 0 Å². The zero-order valence-corrected chi connectivity index (χ0v) is 10.7. The van der Waals surface area contributed by atoms with E-state index < -0.39 is 0 Å². The molecule has 1 aromatic rings. The van der Waals surface area contributed by atoms with Gasteiger partial charge in [0.1, 0.15) is 0 Å². The van der Waals surface area contributed by atoms with Gasteiger partial charge in [0, 0.05) is 0 Å². The summed E-state index contributed by atoms with van der Waals surface area (Å²) in [7, 11) is 0. The summed E-state index contributed by atoms with van der Waals surface area (Å²) in [6.07, 6.45) is 0. The third-order valence-corrected chi connectivity index (χ3v) is 4.91. The number of hydrogen-bond acceptors (Lipinski definition) is 0. The van der Waals surface area contributed by atoms with Crippen LogP contribution in [-0.2, 0) is 0 Å². The van der Waals surface area contributed by atoms with Gasteiger partial charge in [0.15, 0.2) is 0 Å². The first-order valence-electron chi connectivity index (χ1n) is 3.71. The van der Waals surface area contributed by atoms with Crippen molar-refractivity contribution in [1.82, 2.24) is 0 Å². The SMILES string of the molecule is C[Se]C=C([Se]C)c1ccccc1. The maximum absolute atomic E-state index is 2.39. The van der Waals surface area contributed by atoms with Gasteiger partial charge < -0.3 is 0 Å². The minimum atomic E-state index is 0.624. The fourth-order valence-corrected chi connectivity index (χ4v) is 4.76. The molecule has 0 atom stereocenters. The van der Waals surface area contributed by atoms with E-state index in [0.29, 0.717) is 29.9 Å². The molecule has 64 valence electrons. The Bertz CT molecular complexity index is 252. The predicted octanol–water partition coefficient (Wildman–Crippen LogP) is 2.49. The van der Waals surface area contributed by atoms with Crippen LogP contribution in [-0.4, -0.2) is 29.9 Å². The Balaban J connectivity index is 2.88. The average Bonchev–Trinajstić information content (AvgIpc) is 2.15. The number of benzene rings is 1. The molecule has 0 saturated carbocycles. The second-order valence-electron chi connectivity index (χ2n) is 2.29. The van der Waals surface area contributed by atoms with E-state index in [-0.39, 0.29) is 0 Å². The van der Waals surface area contributed by atoms with Crippen LogP contribution in [0.4, 0.5) is 0 Å². The first kappa shape index (κ1) is 10.1. The van der Waals surface area contributed by atoms with Crippen LogP contribution in [0.25, 0.3) is 4.47 Å². The molecule has 1 aromatic carbocycles. The van der Waals surface area contributed by atoms with Gasteiger partial charge >= 0.3 is 86.9 Å². The summed E-state index contributed by atoms with van der Waals surface area (Å²) in [4.78, 5) is 2.39. The summed E-state index contributed by atoms with van der Waals surface area (Å²) >= 11 is 1.28. The zero-order chi connectivity index (χ0) is 8.81. The topological polar surface area (TPSA) is 0 Å². The van der Waals surface area contributed by atoms with Crippen molar-refractivity contribution in [3.05, 3.63) is 40.9 Å². The van der Waals surface area contributed by atoms with Gasteiger partial charge in [-0.2, -0.15) is 0 Å². The van der Waals surface area contributed by atoms with Crippen LogP contribution in [0.5, 0.6) is 0 Å². The molecule has 0 bridgehead atoms. The Morgan fingerprint density at radius 3 is 2.33 bits per heavy atom. The van der Waals surface area contributed by atoms with Crippen molar-refractivity contribution in [2.24, 2.45) is 0 Å². The van der Waals surface area contributed by atoms with Crippen molar-refractivity contribution in [3.63, 3.8) is 0 Å². The Kier molecular flexibility index (Phi) is 4.71. The van der Waals surface area contributed by atoms with Crippen molar-refractivity contribution < 1.29 is 0 Å². The number of rotatable bonds is 3. The molecule has 0 radical (unpaired) electrons. The van der Waals surface area contributed by atoms with Gasteiger partial charge in [-0.15, -0.1) is 0 Å². The van der Waals surface area contributed by atoms with E-state index in [2.05, 4.69) is 47.0 Å². The van der Waals surface area contributed by atoms with Crippen LogP contribution in [0.2, 0.25) is 11.6 Å². The Morgan fingerprint density at radius 1 is 1.17 bits per heavy atom. The van der Waals surface area contributed by atoms with Crippen LogP contribution in [0.15, 0.2) is 35.3 Å². The van der Waals surface area contributed by atoms with E-state index in [4.69, 9.17) is 0 Å². The molecule has 0 saturated heterocycles.